The standard InChI is InChI=1S/C18H15FN4O3/c1-23(2)11-21-16-15(19)10-20-17(22-16)26-18(24)25-14-8-7-12-5-3-4-6-13(12)9-14/h3-11H,1-2H3. The quantitative estimate of drug-likeness (QED) is 0.308. The van der Waals surface area contributed by atoms with Crippen LogP contribution in [0.25, 0.3) is 10.8 Å². The molecule has 0 unspecified atom stereocenters. The summed E-state index contributed by atoms with van der Waals surface area (Å²) >= 11 is 0. The molecule has 0 aliphatic carbocycles. The number of fused-ring (bicyclic) bond motifs is 1. The van der Waals surface area contributed by atoms with Gasteiger partial charge in [0.05, 0.1) is 12.5 Å². The third kappa shape index (κ3) is 4.29. The molecule has 2 aromatic carbocycles. The fourth-order valence-corrected chi connectivity index (χ4v) is 2.07. The molecular formula is C18H15FN4O3. The van der Waals surface area contributed by atoms with Crippen molar-refractivity contribution < 1.29 is 18.7 Å². The summed E-state index contributed by atoms with van der Waals surface area (Å²) in [5.41, 5.74) is 0. The Morgan fingerprint density at radius 3 is 2.69 bits per heavy atom. The van der Waals surface area contributed by atoms with Gasteiger partial charge in [0.25, 0.3) is 0 Å². The van der Waals surface area contributed by atoms with Gasteiger partial charge in [0.2, 0.25) is 0 Å². The highest BCUT2D eigenvalue weighted by Gasteiger charge is 2.13. The van der Waals surface area contributed by atoms with Crippen LogP contribution in [-0.4, -0.2) is 41.5 Å². The Labute approximate surface area is 148 Å². The molecule has 3 rings (SSSR count). The Kier molecular flexibility index (Phi) is 5.02. The van der Waals surface area contributed by atoms with E-state index in [1.165, 1.54) is 6.34 Å². The first-order chi connectivity index (χ1) is 12.5. The zero-order valence-corrected chi connectivity index (χ0v) is 14.1. The van der Waals surface area contributed by atoms with E-state index in [4.69, 9.17) is 9.47 Å². The number of carbonyl (C=O) groups excluding carboxylic acids is 1. The second-order valence-corrected chi connectivity index (χ2v) is 5.50. The van der Waals surface area contributed by atoms with E-state index < -0.39 is 12.0 Å². The Balaban J connectivity index is 1.71. The zero-order chi connectivity index (χ0) is 18.5. The lowest BCUT2D eigenvalue weighted by Crippen LogP contribution is -2.15. The highest BCUT2D eigenvalue weighted by molar-refractivity contribution is 5.84. The van der Waals surface area contributed by atoms with Gasteiger partial charge in [0, 0.05) is 14.1 Å². The monoisotopic (exact) mass is 354 g/mol. The fourth-order valence-electron chi connectivity index (χ4n) is 2.07. The van der Waals surface area contributed by atoms with E-state index in [-0.39, 0.29) is 11.8 Å². The summed E-state index contributed by atoms with van der Waals surface area (Å²) < 4.78 is 23.6. The van der Waals surface area contributed by atoms with Gasteiger partial charge in [-0.25, -0.2) is 19.2 Å². The van der Waals surface area contributed by atoms with E-state index in [2.05, 4.69) is 15.0 Å². The highest BCUT2D eigenvalue weighted by atomic mass is 19.1. The number of hydrogen-bond acceptors (Lipinski definition) is 6. The number of halogens is 1. The highest BCUT2D eigenvalue weighted by Crippen LogP contribution is 2.21. The first kappa shape index (κ1) is 17.3. The number of benzene rings is 2. The van der Waals surface area contributed by atoms with Crippen molar-refractivity contribution in [2.75, 3.05) is 14.1 Å². The molecule has 0 saturated heterocycles. The van der Waals surface area contributed by atoms with E-state index in [1.807, 2.05) is 30.3 Å². The minimum atomic E-state index is -1.03. The summed E-state index contributed by atoms with van der Waals surface area (Å²) in [6.07, 6.45) is 1.20. The Bertz CT molecular complexity index is 976. The average Bonchev–Trinajstić information content (AvgIpc) is 2.62. The van der Waals surface area contributed by atoms with Crippen LogP contribution in [0.2, 0.25) is 0 Å². The second-order valence-electron chi connectivity index (χ2n) is 5.50. The molecule has 3 aromatic rings. The third-order valence-electron chi connectivity index (χ3n) is 3.21. The molecule has 132 valence electrons. The maximum atomic E-state index is 13.6. The lowest BCUT2D eigenvalue weighted by Gasteiger charge is -2.06. The minimum Gasteiger partial charge on any atom is -0.395 e. The van der Waals surface area contributed by atoms with Crippen LogP contribution >= 0.6 is 0 Å². The summed E-state index contributed by atoms with van der Waals surface area (Å²) in [5, 5.41) is 1.93. The maximum absolute atomic E-state index is 13.6. The van der Waals surface area contributed by atoms with Gasteiger partial charge < -0.3 is 14.4 Å². The fraction of sp³-hybridized carbons (Fsp3) is 0.111. The van der Waals surface area contributed by atoms with Crippen LogP contribution in [-0.2, 0) is 0 Å². The van der Waals surface area contributed by atoms with E-state index in [1.54, 1.807) is 31.1 Å². The SMILES string of the molecule is CN(C)C=Nc1nc(OC(=O)Oc2ccc3ccccc3c2)ncc1F. The van der Waals surface area contributed by atoms with Crippen molar-refractivity contribution in [1.82, 2.24) is 14.9 Å². The van der Waals surface area contributed by atoms with Gasteiger partial charge in [-0.3, -0.25) is 0 Å². The molecule has 0 aliphatic rings. The molecule has 1 aromatic heterocycles. The summed E-state index contributed by atoms with van der Waals surface area (Å²) in [6.45, 7) is 0. The van der Waals surface area contributed by atoms with Crippen molar-refractivity contribution in [1.29, 1.82) is 0 Å². The summed E-state index contributed by atoms with van der Waals surface area (Å²) in [6, 6.07) is 12.4. The maximum Gasteiger partial charge on any atom is 0.521 e. The molecule has 0 N–H and O–H groups in total. The minimum absolute atomic E-state index is 0.248. The van der Waals surface area contributed by atoms with Gasteiger partial charge in [0.1, 0.15) is 5.75 Å². The van der Waals surface area contributed by atoms with Gasteiger partial charge in [-0.1, -0.05) is 30.3 Å². The van der Waals surface area contributed by atoms with Crippen LogP contribution in [0, 0.1) is 5.82 Å². The van der Waals surface area contributed by atoms with E-state index in [0.717, 1.165) is 17.0 Å². The first-order valence-corrected chi connectivity index (χ1v) is 7.63. The van der Waals surface area contributed by atoms with Gasteiger partial charge in [-0.15, -0.1) is 0 Å². The van der Waals surface area contributed by atoms with Crippen molar-refractivity contribution in [2.45, 2.75) is 0 Å². The molecule has 0 spiro atoms. The van der Waals surface area contributed by atoms with Gasteiger partial charge in [-0.05, 0) is 22.9 Å². The summed E-state index contributed by atoms with van der Waals surface area (Å²) in [4.78, 5) is 24.7. The number of aliphatic imine (C=N–C) groups is 1. The molecule has 0 saturated carbocycles. The van der Waals surface area contributed by atoms with Crippen LogP contribution in [0.5, 0.6) is 11.8 Å². The molecular weight excluding hydrogens is 339 g/mol. The van der Waals surface area contributed by atoms with Crippen molar-refractivity contribution in [3.05, 3.63) is 54.5 Å². The van der Waals surface area contributed by atoms with Gasteiger partial charge in [0.15, 0.2) is 11.6 Å². The molecule has 0 atom stereocenters. The average molecular weight is 354 g/mol. The normalized spacial score (nSPS) is 10.9. The molecule has 0 amide bonds. The number of ether oxygens (including phenoxy) is 2. The Morgan fingerprint density at radius 1 is 1.15 bits per heavy atom. The topological polar surface area (TPSA) is 76.9 Å². The first-order valence-electron chi connectivity index (χ1n) is 7.63. The number of carbonyl (C=O) groups is 1. The molecule has 0 radical (unpaired) electrons. The lowest BCUT2D eigenvalue weighted by molar-refractivity contribution is 0.148. The summed E-state index contributed by atoms with van der Waals surface area (Å²) in [5.74, 6) is -0.679. The van der Waals surface area contributed by atoms with Gasteiger partial charge >= 0.3 is 12.2 Å². The smallest absolute Gasteiger partial charge is 0.395 e. The van der Waals surface area contributed by atoms with E-state index in [9.17, 15) is 9.18 Å². The Hall–Kier alpha value is -3.55. The molecule has 26 heavy (non-hydrogen) atoms. The predicted octanol–water partition coefficient (Wildman–Crippen LogP) is 3.57. The Morgan fingerprint density at radius 2 is 1.92 bits per heavy atom. The third-order valence-corrected chi connectivity index (χ3v) is 3.21. The lowest BCUT2D eigenvalue weighted by atomic mass is 10.1. The van der Waals surface area contributed by atoms with Crippen molar-refractivity contribution in [2.24, 2.45) is 4.99 Å². The zero-order valence-electron chi connectivity index (χ0n) is 14.1. The van der Waals surface area contributed by atoms with Crippen LogP contribution < -0.4 is 9.47 Å². The van der Waals surface area contributed by atoms with E-state index >= 15 is 0 Å². The summed E-state index contributed by atoms with van der Waals surface area (Å²) in [7, 11) is 3.45. The molecule has 1 heterocycles. The van der Waals surface area contributed by atoms with Crippen LogP contribution in [0.15, 0.2) is 53.7 Å². The molecule has 0 fully saturated rings. The molecule has 8 heteroatoms. The van der Waals surface area contributed by atoms with Crippen LogP contribution in [0.4, 0.5) is 15.0 Å². The number of nitrogens with zero attached hydrogens (tertiary/aromatic N) is 4. The second kappa shape index (κ2) is 7.56. The van der Waals surface area contributed by atoms with Crippen molar-refractivity contribution in [3.63, 3.8) is 0 Å². The van der Waals surface area contributed by atoms with E-state index in [0.29, 0.717) is 5.75 Å². The largest absolute Gasteiger partial charge is 0.521 e. The predicted molar refractivity (Wildman–Crippen MR) is 94.4 cm³/mol. The number of rotatable bonds is 4. The molecule has 0 bridgehead atoms. The van der Waals surface area contributed by atoms with Crippen molar-refractivity contribution >= 4 is 29.1 Å². The van der Waals surface area contributed by atoms with Crippen LogP contribution in [0.3, 0.4) is 0 Å². The van der Waals surface area contributed by atoms with Crippen LogP contribution in [0.1, 0.15) is 0 Å². The van der Waals surface area contributed by atoms with Crippen molar-refractivity contribution in [3.8, 4) is 11.8 Å². The number of hydrogen-bond donors (Lipinski definition) is 0. The van der Waals surface area contributed by atoms with Gasteiger partial charge in [-0.2, -0.15) is 4.98 Å². The molecule has 7 nitrogen and oxygen atoms in total. The molecule has 0 aliphatic heterocycles. The number of aromatic nitrogens is 2.